The lowest BCUT2D eigenvalue weighted by atomic mass is 10.2. The van der Waals surface area contributed by atoms with Crippen molar-refractivity contribution in [1.82, 2.24) is 0 Å². The number of rotatable bonds is 2. The van der Waals surface area contributed by atoms with Gasteiger partial charge < -0.3 is 9.66 Å². The van der Waals surface area contributed by atoms with Crippen molar-refractivity contribution in [3.8, 4) is 0 Å². The molecule has 5 heteroatoms. The molecule has 0 aliphatic rings. The Kier molecular flexibility index (Phi) is 2.91. The molecule has 0 aliphatic heterocycles. The van der Waals surface area contributed by atoms with Crippen LogP contribution in [-0.4, -0.2) is 13.9 Å². The Bertz CT molecular complexity index is 314. The molecule has 1 N–H and O–H groups in total. The lowest BCUT2D eigenvalue weighted by Crippen LogP contribution is -1.99. The van der Waals surface area contributed by atoms with Gasteiger partial charge in [0.05, 0.1) is 6.61 Å². The molecule has 66 valence electrons. The number of aliphatic hydroxyl groups is 1. The van der Waals surface area contributed by atoms with Crippen molar-refractivity contribution in [3.05, 3.63) is 29.6 Å². The SMILES string of the molecule is O=S([O-])c1cccc(F)c1CO. The molecule has 0 amide bonds. The van der Waals surface area contributed by atoms with Crippen molar-refractivity contribution >= 4 is 11.1 Å². The summed E-state index contributed by atoms with van der Waals surface area (Å²) in [5.41, 5.74) is -0.189. The van der Waals surface area contributed by atoms with Crippen LogP contribution in [0.15, 0.2) is 23.1 Å². The van der Waals surface area contributed by atoms with Gasteiger partial charge in [0.15, 0.2) is 0 Å². The molecular weight excluding hydrogens is 183 g/mol. The van der Waals surface area contributed by atoms with Gasteiger partial charge in [-0.1, -0.05) is 6.07 Å². The van der Waals surface area contributed by atoms with E-state index in [4.69, 9.17) is 5.11 Å². The minimum Gasteiger partial charge on any atom is -0.768 e. The third-order valence-corrected chi connectivity index (χ3v) is 2.16. The molecule has 0 saturated heterocycles. The highest BCUT2D eigenvalue weighted by atomic mass is 32.2. The number of aliphatic hydroxyl groups excluding tert-OH is 1. The molecule has 0 saturated carbocycles. The molecule has 1 aromatic rings. The van der Waals surface area contributed by atoms with Crippen LogP contribution in [0.4, 0.5) is 4.39 Å². The summed E-state index contributed by atoms with van der Waals surface area (Å²) in [6, 6.07) is 3.61. The van der Waals surface area contributed by atoms with Crippen LogP contribution in [0.2, 0.25) is 0 Å². The van der Waals surface area contributed by atoms with Crippen LogP contribution in [0.25, 0.3) is 0 Å². The average molecular weight is 189 g/mol. The normalized spacial score (nSPS) is 12.9. The molecule has 0 aromatic heterocycles. The van der Waals surface area contributed by atoms with Gasteiger partial charge in [0.25, 0.3) is 0 Å². The highest BCUT2D eigenvalue weighted by molar-refractivity contribution is 7.79. The van der Waals surface area contributed by atoms with Crippen LogP contribution in [0.1, 0.15) is 5.56 Å². The van der Waals surface area contributed by atoms with Crippen LogP contribution < -0.4 is 0 Å². The smallest absolute Gasteiger partial charge is 0.129 e. The van der Waals surface area contributed by atoms with Gasteiger partial charge in [-0.15, -0.1) is 0 Å². The second-order valence-corrected chi connectivity index (χ2v) is 3.02. The lowest BCUT2D eigenvalue weighted by Gasteiger charge is -2.09. The van der Waals surface area contributed by atoms with Crippen LogP contribution in [-0.2, 0) is 17.7 Å². The fourth-order valence-corrected chi connectivity index (χ4v) is 1.40. The summed E-state index contributed by atoms with van der Waals surface area (Å²) in [6.07, 6.45) is 0. The zero-order valence-electron chi connectivity index (χ0n) is 5.99. The van der Waals surface area contributed by atoms with Crippen molar-refractivity contribution in [3.63, 3.8) is 0 Å². The average Bonchev–Trinajstić information content (AvgIpc) is 2.03. The monoisotopic (exact) mass is 189 g/mol. The van der Waals surface area contributed by atoms with Crippen molar-refractivity contribution < 1.29 is 18.3 Å². The van der Waals surface area contributed by atoms with E-state index >= 15 is 0 Å². The minimum atomic E-state index is -2.50. The van der Waals surface area contributed by atoms with Gasteiger partial charge in [-0.25, -0.2) is 4.39 Å². The van der Waals surface area contributed by atoms with E-state index in [1.807, 2.05) is 0 Å². The summed E-state index contributed by atoms with van der Waals surface area (Å²) >= 11 is -2.50. The Balaban J connectivity index is 3.27. The zero-order valence-corrected chi connectivity index (χ0v) is 6.81. The first-order valence-electron chi connectivity index (χ1n) is 3.14. The molecule has 0 bridgehead atoms. The molecule has 12 heavy (non-hydrogen) atoms. The van der Waals surface area contributed by atoms with E-state index in [2.05, 4.69) is 0 Å². The highest BCUT2D eigenvalue weighted by Crippen LogP contribution is 2.15. The van der Waals surface area contributed by atoms with Crippen LogP contribution in [0, 0.1) is 5.82 Å². The van der Waals surface area contributed by atoms with E-state index < -0.39 is 23.5 Å². The summed E-state index contributed by atoms with van der Waals surface area (Å²) in [5.74, 6) is -0.709. The molecule has 0 aliphatic carbocycles. The number of benzene rings is 1. The quantitative estimate of drug-likeness (QED) is 0.691. The summed E-state index contributed by atoms with van der Waals surface area (Å²) in [4.78, 5) is -0.197. The van der Waals surface area contributed by atoms with Crippen molar-refractivity contribution in [2.75, 3.05) is 0 Å². The van der Waals surface area contributed by atoms with Crippen molar-refractivity contribution in [2.24, 2.45) is 0 Å². The van der Waals surface area contributed by atoms with Crippen molar-refractivity contribution in [1.29, 1.82) is 0 Å². The first-order valence-corrected chi connectivity index (χ1v) is 4.22. The third kappa shape index (κ3) is 1.69. The van der Waals surface area contributed by atoms with Crippen LogP contribution in [0.3, 0.4) is 0 Å². The number of hydrogen-bond acceptors (Lipinski definition) is 3. The molecule has 0 spiro atoms. The minimum absolute atomic E-state index is 0.189. The molecule has 0 radical (unpaired) electrons. The molecule has 1 aromatic carbocycles. The van der Waals surface area contributed by atoms with Gasteiger partial charge in [-0.2, -0.15) is 0 Å². The van der Waals surface area contributed by atoms with Crippen LogP contribution in [0.5, 0.6) is 0 Å². The molecule has 0 heterocycles. The molecule has 1 unspecified atom stereocenters. The molecule has 1 atom stereocenters. The predicted molar refractivity (Wildman–Crippen MR) is 39.5 cm³/mol. The van der Waals surface area contributed by atoms with E-state index in [-0.39, 0.29) is 10.5 Å². The fraction of sp³-hybridized carbons (Fsp3) is 0.143. The molecular formula is C7H6FO3S-. The number of halogens is 1. The van der Waals surface area contributed by atoms with E-state index in [1.54, 1.807) is 0 Å². The van der Waals surface area contributed by atoms with Gasteiger partial charge in [-0.3, -0.25) is 4.21 Å². The largest absolute Gasteiger partial charge is 0.768 e. The fourth-order valence-electron chi connectivity index (χ4n) is 0.848. The van der Waals surface area contributed by atoms with Gasteiger partial charge in [0, 0.05) is 10.5 Å². The number of hydrogen-bond donors (Lipinski definition) is 1. The Morgan fingerprint density at radius 2 is 2.25 bits per heavy atom. The molecule has 0 fully saturated rings. The van der Waals surface area contributed by atoms with Gasteiger partial charge in [0.1, 0.15) is 5.82 Å². The standard InChI is InChI=1S/C7H7FO3S/c8-6-2-1-3-7(12(10)11)5(6)4-9/h1-3,9H,4H2,(H,10,11)/p-1. The summed E-state index contributed by atoms with van der Waals surface area (Å²) in [6.45, 7) is -0.615. The summed E-state index contributed by atoms with van der Waals surface area (Å²) in [7, 11) is 0. The highest BCUT2D eigenvalue weighted by Gasteiger charge is 2.06. The Labute approximate surface area is 71.1 Å². The molecule has 1 rings (SSSR count). The predicted octanol–water partition coefficient (Wildman–Crippen LogP) is 0.556. The maximum absolute atomic E-state index is 12.8. The van der Waals surface area contributed by atoms with Gasteiger partial charge in [0.2, 0.25) is 0 Å². The zero-order chi connectivity index (χ0) is 9.14. The second-order valence-electron chi connectivity index (χ2n) is 2.11. The topological polar surface area (TPSA) is 60.4 Å². The molecule has 3 nitrogen and oxygen atoms in total. The first-order chi connectivity index (χ1) is 5.66. The summed E-state index contributed by atoms with van der Waals surface area (Å²) in [5, 5.41) is 8.63. The van der Waals surface area contributed by atoms with Crippen LogP contribution >= 0.6 is 0 Å². The maximum atomic E-state index is 12.8. The van der Waals surface area contributed by atoms with E-state index in [0.717, 1.165) is 6.07 Å². The Morgan fingerprint density at radius 3 is 2.67 bits per heavy atom. The Hall–Kier alpha value is -0.780. The van der Waals surface area contributed by atoms with E-state index in [0.29, 0.717) is 0 Å². The third-order valence-electron chi connectivity index (χ3n) is 1.41. The lowest BCUT2D eigenvalue weighted by molar-refractivity contribution is 0.271. The van der Waals surface area contributed by atoms with Gasteiger partial charge in [-0.05, 0) is 23.2 Å². The van der Waals surface area contributed by atoms with Gasteiger partial charge >= 0.3 is 0 Å². The first kappa shape index (κ1) is 9.31. The second kappa shape index (κ2) is 3.75. The van der Waals surface area contributed by atoms with Crippen molar-refractivity contribution in [2.45, 2.75) is 11.5 Å². The summed E-state index contributed by atoms with van der Waals surface area (Å²) < 4.78 is 33.7. The van der Waals surface area contributed by atoms with E-state index in [1.165, 1.54) is 12.1 Å². The van der Waals surface area contributed by atoms with E-state index in [9.17, 15) is 13.2 Å². The Morgan fingerprint density at radius 1 is 1.58 bits per heavy atom. The maximum Gasteiger partial charge on any atom is 0.129 e.